The van der Waals surface area contributed by atoms with Gasteiger partial charge < -0.3 is 9.47 Å². The molecule has 1 aromatic carbocycles. The van der Waals surface area contributed by atoms with Gasteiger partial charge >= 0.3 is 11.9 Å². The third kappa shape index (κ3) is 33.2. The SMILES string of the molecule is CCCCCCCCCCCCCCC/C=C/CCCCCOC(=O)c1ccc(S(=O)(=O)O)cc1C(=O)OCCCCC/C=C/CCCCCCCCCCCCCCC. The van der Waals surface area contributed by atoms with Gasteiger partial charge in [-0.25, -0.2) is 9.59 Å². The number of hydrogen-bond donors (Lipinski definition) is 1. The van der Waals surface area contributed by atoms with Gasteiger partial charge in [-0.2, -0.15) is 8.42 Å². The van der Waals surface area contributed by atoms with E-state index in [1.54, 1.807) is 0 Å². The molecule has 0 fully saturated rings. The van der Waals surface area contributed by atoms with Gasteiger partial charge in [0, 0.05) is 0 Å². The predicted octanol–water partition coefficient (Wildman–Crippen LogP) is 16.4. The van der Waals surface area contributed by atoms with E-state index in [0.29, 0.717) is 12.8 Å². The Morgan fingerprint density at radius 2 is 0.717 bits per heavy atom. The van der Waals surface area contributed by atoms with Gasteiger partial charge in [0.05, 0.1) is 29.2 Å². The first kappa shape index (κ1) is 55.6. The first-order chi connectivity index (χ1) is 29.3. The number of carbonyl (C=O) groups is 2. The number of allylic oxidation sites excluding steroid dienone is 4. The molecule has 7 nitrogen and oxygen atoms in total. The topological polar surface area (TPSA) is 107 Å². The summed E-state index contributed by atoms with van der Waals surface area (Å²) in [6.45, 7) is 4.89. The molecule has 0 saturated heterocycles. The molecule has 0 saturated carbocycles. The van der Waals surface area contributed by atoms with Gasteiger partial charge in [-0.1, -0.05) is 192 Å². The van der Waals surface area contributed by atoms with Gasteiger partial charge in [0.2, 0.25) is 0 Å². The fraction of sp³-hybridized carbons (Fsp3) is 0.769. The van der Waals surface area contributed by atoms with Crippen LogP contribution in [-0.2, 0) is 19.6 Å². The third-order valence-electron chi connectivity index (χ3n) is 11.5. The number of rotatable bonds is 43. The van der Waals surface area contributed by atoms with Crippen LogP contribution in [0.3, 0.4) is 0 Å². The van der Waals surface area contributed by atoms with Crippen molar-refractivity contribution in [3.63, 3.8) is 0 Å². The van der Waals surface area contributed by atoms with E-state index in [4.69, 9.17) is 9.47 Å². The zero-order valence-corrected chi connectivity index (χ0v) is 39.5. The van der Waals surface area contributed by atoms with Crippen LogP contribution < -0.4 is 0 Å². The summed E-state index contributed by atoms with van der Waals surface area (Å²) in [5.74, 6) is -1.53. The molecule has 60 heavy (non-hydrogen) atoms. The number of esters is 2. The van der Waals surface area contributed by atoms with Crippen LogP contribution in [0.25, 0.3) is 0 Å². The predicted molar refractivity (Wildman–Crippen MR) is 253 cm³/mol. The molecule has 0 spiro atoms. The van der Waals surface area contributed by atoms with Gasteiger partial charge in [0.1, 0.15) is 0 Å². The lowest BCUT2D eigenvalue weighted by Crippen LogP contribution is -2.16. The maximum atomic E-state index is 13.0. The second-order valence-electron chi connectivity index (χ2n) is 17.2. The van der Waals surface area contributed by atoms with Gasteiger partial charge in [0.15, 0.2) is 0 Å². The van der Waals surface area contributed by atoms with Crippen LogP contribution in [0.4, 0.5) is 0 Å². The van der Waals surface area contributed by atoms with Gasteiger partial charge in [-0.3, -0.25) is 4.55 Å². The summed E-state index contributed by atoms with van der Waals surface area (Å²) >= 11 is 0. The Morgan fingerprint density at radius 1 is 0.433 bits per heavy atom. The lowest BCUT2D eigenvalue weighted by molar-refractivity contribution is 0.0450. The van der Waals surface area contributed by atoms with Crippen LogP contribution in [0.1, 0.15) is 266 Å². The Hall–Kier alpha value is -2.45. The van der Waals surface area contributed by atoms with E-state index in [1.165, 1.54) is 173 Å². The fourth-order valence-corrected chi connectivity index (χ4v) is 8.14. The summed E-state index contributed by atoms with van der Waals surface area (Å²) in [5.41, 5.74) is -0.294. The lowest BCUT2D eigenvalue weighted by Gasteiger charge is -2.11. The molecule has 0 heterocycles. The average molecular weight is 859 g/mol. The maximum Gasteiger partial charge on any atom is 0.339 e. The number of benzene rings is 1. The van der Waals surface area contributed by atoms with Gasteiger partial charge in [-0.15, -0.1) is 0 Å². The Labute approximate surface area is 369 Å². The molecular weight excluding hydrogens is 769 g/mol. The highest BCUT2D eigenvalue weighted by Crippen LogP contribution is 2.20. The van der Waals surface area contributed by atoms with Gasteiger partial charge in [0.25, 0.3) is 10.1 Å². The molecule has 0 unspecified atom stereocenters. The highest BCUT2D eigenvalue weighted by Gasteiger charge is 2.23. The summed E-state index contributed by atoms with van der Waals surface area (Å²) < 4.78 is 44.0. The summed E-state index contributed by atoms with van der Waals surface area (Å²) in [7, 11) is -4.58. The Balaban J connectivity index is 2.17. The highest BCUT2D eigenvalue weighted by molar-refractivity contribution is 7.85. The van der Waals surface area contributed by atoms with Crippen LogP contribution >= 0.6 is 0 Å². The second-order valence-corrected chi connectivity index (χ2v) is 18.6. The van der Waals surface area contributed by atoms with Crippen molar-refractivity contribution in [3.8, 4) is 0 Å². The van der Waals surface area contributed by atoms with E-state index in [-0.39, 0.29) is 24.3 Å². The zero-order chi connectivity index (χ0) is 43.6. The maximum absolute atomic E-state index is 13.0. The van der Waals surface area contributed by atoms with E-state index < -0.39 is 27.0 Å². The van der Waals surface area contributed by atoms with Crippen LogP contribution in [0, 0.1) is 0 Å². The fourth-order valence-electron chi connectivity index (χ4n) is 7.63. The smallest absolute Gasteiger partial charge is 0.339 e. The molecule has 0 bridgehead atoms. The van der Waals surface area contributed by atoms with Crippen molar-refractivity contribution in [1.82, 2.24) is 0 Å². The first-order valence-electron chi connectivity index (χ1n) is 25.1. The Kier molecular flexibility index (Phi) is 37.6. The van der Waals surface area contributed by atoms with Crippen molar-refractivity contribution in [1.29, 1.82) is 0 Å². The molecule has 0 aromatic heterocycles. The second kappa shape index (κ2) is 40.6. The molecule has 8 heteroatoms. The summed E-state index contributed by atoms with van der Waals surface area (Å²) in [6.07, 6.45) is 54.0. The molecule has 0 aliphatic heterocycles. The van der Waals surface area contributed by atoms with Crippen LogP contribution in [0.2, 0.25) is 0 Å². The minimum atomic E-state index is -4.58. The molecule has 1 rings (SSSR count). The summed E-state index contributed by atoms with van der Waals surface area (Å²) in [6, 6.07) is 3.29. The quantitative estimate of drug-likeness (QED) is 0.0302. The normalized spacial score (nSPS) is 11.9. The largest absolute Gasteiger partial charge is 0.462 e. The van der Waals surface area contributed by atoms with E-state index in [2.05, 4.69) is 38.2 Å². The molecule has 346 valence electrons. The van der Waals surface area contributed by atoms with E-state index in [9.17, 15) is 22.6 Å². The molecule has 0 aliphatic carbocycles. The zero-order valence-electron chi connectivity index (χ0n) is 38.7. The number of ether oxygens (including phenoxy) is 2. The summed E-state index contributed by atoms with van der Waals surface area (Å²) in [5, 5.41) is 0. The van der Waals surface area contributed by atoms with E-state index in [1.807, 2.05) is 0 Å². The first-order valence-corrected chi connectivity index (χ1v) is 26.5. The van der Waals surface area contributed by atoms with Crippen molar-refractivity contribution in [2.24, 2.45) is 0 Å². The molecule has 0 aliphatic rings. The molecule has 0 amide bonds. The highest BCUT2D eigenvalue weighted by atomic mass is 32.2. The monoisotopic (exact) mass is 859 g/mol. The van der Waals surface area contributed by atoms with E-state index in [0.717, 1.165) is 63.5 Å². The molecule has 1 N–H and O–H groups in total. The van der Waals surface area contributed by atoms with Gasteiger partial charge in [-0.05, 0) is 95.2 Å². The summed E-state index contributed by atoms with van der Waals surface area (Å²) in [4.78, 5) is 25.5. The third-order valence-corrected chi connectivity index (χ3v) is 12.4. The van der Waals surface area contributed by atoms with Crippen molar-refractivity contribution in [2.75, 3.05) is 13.2 Å². The van der Waals surface area contributed by atoms with E-state index >= 15 is 0 Å². The average Bonchev–Trinajstić information content (AvgIpc) is 3.24. The molecule has 0 atom stereocenters. The minimum Gasteiger partial charge on any atom is -0.462 e. The molecule has 1 aromatic rings. The number of carbonyl (C=O) groups excluding carboxylic acids is 2. The van der Waals surface area contributed by atoms with Crippen molar-refractivity contribution < 1.29 is 32.0 Å². The molecular formula is C52H90O7S. The van der Waals surface area contributed by atoms with Crippen LogP contribution in [0.5, 0.6) is 0 Å². The number of hydrogen-bond acceptors (Lipinski definition) is 6. The minimum absolute atomic E-state index is 0.0721. The van der Waals surface area contributed by atoms with Crippen LogP contribution in [-0.4, -0.2) is 38.1 Å². The Bertz CT molecular complexity index is 1340. The van der Waals surface area contributed by atoms with Crippen LogP contribution in [0.15, 0.2) is 47.4 Å². The lowest BCUT2D eigenvalue weighted by atomic mass is 10.0. The Morgan fingerprint density at radius 3 is 1.03 bits per heavy atom. The van der Waals surface area contributed by atoms with Crippen molar-refractivity contribution in [3.05, 3.63) is 53.6 Å². The number of unbranched alkanes of at least 4 members (excludes halogenated alkanes) is 32. The molecule has 0 radical (unpaired) electrons. The standard InChI is InChI=1S/C52H90O7S/c1-3-5-7-9-11-13-15-17-19-21-23-25-27-29-31-33-35-37-39-41-45-58-51(53)49-44-43-48(60(55,56)57)47-50(49)52(54)59-46-42-40-38-36-34-32-30-28-26-24-22-20-18-16-14-12-10-8-6-4-2/h31-34,43-44,47H,3-30,35-42,45-46H2,1-2H3,(H,55,56,57)/b33-31+,34-32+. The van der Waals surface area contributed by atoms with Crippen molar-refractivity contribution >= 4 is 22.1 Å². The van der Waals surface area contributed by atoms with Crippen molar-refractivity contribution in [2.45, 2.75) is 250 Å².